The third kappa shape index (κ3) is 3.58. The van der Waals surface area contributed by atoms with Gasteiger partial charge in [0.05, 0.1) is 0 Å². The first-order valence-corrected chi connectivity index (χ1v) is 7.21. The molecule has 0 radical (unpaired) electrons. The fraction of sp³-hybridized carbons (Fsp3) is 0.429. The molecule has 1 aromatic heterocycles. The molecule has 0 aliphatic rings. The zero-order chi connectivity index (χ0) is 13.8. The fourth-order valence-corrected chi connectivity index (χ4v) is 2.60. The highest BCUT2D eigenvalue weighted by atomic mass is 32.1. The molecule has 0 saturated carbocycles. The van der Waals surface area contributed by atoms with Gasteiger partial charge >= 0.3 is 0 Å². The minimum Gasteiger partial charge on any atom is -0.314 e. The van der Waals surface area contributed by atoms with Crippen molar-refractivity contribution in [3.05, 3.63) is 34.6 Å². The molecule has 1 N–H and O–H groups in total. The monoisotopic (exact) mass is 279 g/mol. The summed E-state index contributed by atoms with van der Waals surface area (Å²) in [6.07, 6.45) is 0.823. The van der Waals surface area contributed by atoms with Crippen molar-refractivity contribution >= 4 is 11.3 Å². The van der Waals surface area contributed by atoms with Crippen LogP contribution in [0.2, 0.25) is 0 Å². The maximum Gasteiger partial charge on any atom is 0.150 e. The molecule has 1 aromatic carbocycles. The number of benzene rings is 1. The lowest BCUT2D eigenvalue weighted by Gasteiger charge is -2.05. The van der Waals surface area contributed by atoms with Crippen LogP contribution in [0.3, 0.4) is 0 Å². The van der Waals surface area contributed by atoms with E-state index < -0.39 is 0 Å². The Kier molecular flexibility index (Phi) is 4.61. The van der Waals surface area contributed by atoms with Gasteiger partial charge in [0.25, 0.3) is 0 Å². The Morgan fingerprint density at radius 1 is 1.32 bits per heavy atom. The molecule has 0 saturated heterocycles. The van der Waals surface area contributed by atoms with Crippen molar-refractivity contribution in [1.29, 1.82) is 0 Å². The number of hydrogen-bond donors (Lipinski definition) is 1. The molecule has 5 heteroatoms. The van der Waals surface area contributed by atoms with Gasteiger partial charge in [-0.1, -0.05) is 37.3 Å². The van der Waals surface area contributed by atoms with Gasteiger partial charge in [0.15, 0.2) is 5.01 Å². The molecule has 0 bridgehead atoms. The zero-order valence-electron chi connectivity index (χ0n) is 11.4. The summed E-state index contributed by atoms with van der Waals surface area (Å²) in [6, 6.07) is 5.81. The third-order valence-corrected chi connectivity index (χ3v) is 3.80. The maximum atomic E-state index is 14.0. The number of nitrogens with zero attached hydrogens (tertiary/aromatic N) is 2. The molecule has 0 atom stereocenters. The Morgan fingerprint density at radius 3 is 2.84 bits per heavy atom. The second-order valence-corrected chi connectivity index (χ2v) is 5.86. The van der Waals surface area contributed by atoms with E-state index in [0.717, 1.165) is 18.0 Å². The Morgan fingerprint density at radius 2 is 2.11 bits per heavy atom. The molecule has 3 nitrogen and oxygen atoms in total. The normalized spacial score (nSPS) is 11.2. The van der Waals surface area contributed by atoms with E-state index in [1.807, 2.05) is 6.07 Å². The first-order chi connectivity index (χ1) is 9.08. The van der Waals surface area contributed by atoms with Crippen LogP contribution < -0.4 is 5.32 Å². The van der Waals surface area contributed by atoms with Gasteiger partial charge in [-0.3, -0.25) is 0 Å². The number of hydrogen-bond acceptors (Lipinski definition) is 4. The summed E-state index contributed by atoms with van der Waals surface area (Å²) >= 11 is 1.46. The molecule has 0 amide bonds. The van der Waals surface area contributed by atoms with Crippen molar-refractivity contribution in [3.8, 4) is 10.6 Å². The Balaban J connectivity index is 2.10. The quantitative estimate of drug-likeness (QED) is 0.913. The zero-order valence-corrected chi connectivity index (χ0v) is 12.2. The molecule has 0 unspecified atom stereocenters. The second kappa shape index (κ2) is 6.21. The van der Waals surface area contributed by atoms with Gasteiger partial charge in [-0.2, -0.15) is 0 Å². The molecule has 0 aliphatic heterocycles. The highest BCUT2D eigenvalue weighted by molar-refractivity contribution is 7.14. The third-order valence-electron chi connectivity index (χ3n) is 2.78. The van der Waals surface area contributed by atoms with Crippen LogP contribution in [0.25, 0.3) is 10.6 Å². The highest BCUT2D eigenvalue weighted by Gasteiger charge is 2.12. The molecule has 19 heavy (non-hydrogen) atoms. The lowest BCUT2D eigenvalue weighted by Crippen LogP contribution is -2.24. The standard InChI is InChI=1S/C14H18FN3S/c1-9(2)16-8-7-12-17-18-14(19-12)11-6-4-5-10(3)13(11)15/h4-6,9,16H,7-8H2,1-3H3. The summed E-state index contributed by atoms with van der Waals surface area (Å²) in [6.45, 7) is 6.83. The molecule has 1 heterocycles. The van der Waals surface area contributed by atoms with E-state index in [-0.39, 0.29) is 5.82 Å². The fourth-order valence-electron chi connectivity index (χ4n) is 1.74. The molecule has 0 fully saturated rings. The molecule has 102 valence electrons. The Bertz CT molecular complexity index is 551. The lowest BCUT2D eigenvalue weighted by atomic mass is 10.1. The number of aryl methyl sites for hydroxylation is 1. The van der Waals surface area contributed by atoms with Crippen molar-refractivity contribution in [1.82, 2.24) is 15.5 Å². The molecular weight excluding hydrogens is 261 g/mol. The average molecular weight is 279 g/mol. The number of aromatic nitrogens is 2. The largest absolute Gasteiger partial charge is 0.314 e. The summed E-state index contributed by atoms with van der Waals surface area (Å²) in [4.78, 5) is 0. The highest BCUT2D eigenvalue weighted by Crippen LogP contribution is 2.27. The average Bonchev–Trinajstić information content (AvgIpc) is 2.81. The van der Waals surface area contributed by atoms with Crippen LogP contribution in [-0.2, 0) is 6.42 Å². The van der Waals surface area contributed by atoms with Gasteiger partial charge in [0.2, 0.25) is 0 Å². The van der Waals surface area contributed by atoms with Crippen molar-refractivity contribution in [2.75, 3.05) is 6.54 Å². The van der Waals surface area contributed by atoms with Crippen LogP contribution >= 0.6 is 11.3 Å². The second-order valence-electron chi connectivity index (χ2n) is 4.80. The van der Waals surface area contributed by atoms with Crippen molar-refractivity contribution < 1.29 is 4.39 Å². The van der Waals surface area contributed by atoms with Crippen LogP contribution in [0.1, 0.15) is 24.4 Å². The first kappa shape index (κ1) is 14.1. The summed E-state index contributed by atoms with van der Waals surface area (Å²) in [5, 5.41) is 13.1. The van der Waals surface area contributed by atoms with E-state index in [9.17, 15) is 4.39 Å². The van der Waals surface area contributed by atoms with Crippen molar-refractivity contribution in [3.63, 3.8) is 0 Å². The van der Waals surface area contributed by atoms with Gasteiger partial charge in [-0.25, -0.2) is 4.39 Å². The number of rotatable bonds is 5. The summed E-state index contributed by atoms with van der Waals surface area (Å²) in [7, 11) is 0. The van der Waals surface area contributed by atoms with Crippen molar-refractivity contribution in [2.24, 2.45) is 0 Å². The van der Waals surface area contributed by atoms with Crippen LogP contribution in [0.15, 0.2) is 18.2 Å². The lowest BCUT2D eigenvalue weighted by molar-refractivity contribution is 0.588. The predicted molar refractivity (Wildman–Crippen MR) is 76.9 cm³/mol. The number of nitrogens with one attached hydrogen (secondary N) is 1. The van der Waals surface area contributed by atoms with E-state index in [1.54, 1.807) is 19.1 Å². The predicted octanol–water partition coefficient (Wildman–Crippen LogP) is 3.19. The Hall–Kier alpha value is -1.33. The van der Waals surface area contributed by atoms with Gasteiger partial charge in [0.1, 0.15) is 10.8 Å². The van der Waals surface area contributed by atoms with Crippen molar-refractivity contribution in [2.45, 2.75) is 33.2 Å². The minimum atomic E-state index is -0.203. The molecule has 0 spiro atoms. The molecule has 0 aliphatic carbocycles. The van der Waals surface area contributed by atoms with Gasteiger partial charge in [0, 0.05) is 24.6 Å². The minimum absolute atomic E-state index is 0.203. The van der Waals surface area contributed by atoms with Gasteiger partial charge in [-0.15, -0.1) is 10.2 Å². The van der Waals surface area contributed by atoms with Crippen LogP contribution in [-0.4, -0.2) is 22.8 Å². The molecule has 2 aromatic rings. The molecular formula is C14H18FN3S. The summed E-state index contributed by atoms with van der Waals surface area (Å²) < 4.78 is 14.0. The van der Waals surface area contributed by atoms with E-state index in [0.29, 0.717) is 22.2 Å². The number of halogens is 1. The van der Waals surface area contributed by atoms with E-state index in [4.69, 9.17) is 0 Å². The maximum absolute atomic E-state index is 14.0. The summed E-state index contributed by atoms with van der Waals surface area (Å²) in [5.41, 5.74) is 1.18. The first-order valence-electron chi connectivity index (χ1n) is 6.39. The van der Waals surface area contributed by atoms with Crippen LogP contribution in [0, 0.1) is 12.7 Å². The Labute approximate surface area is 116 Å². The summed E-state index contributed by atoms with van der Waals surface area (Å²) in [5.74, 6) is -0.203. The van der Waals surface area contributed by atoms with E-state index >= 15 is 0 Å². The smallest absolute Gasteiger partial charge is 0.150 e. The SMILES string of the molecule is Cc1cccc(-c2nnc(CCNC(C)C)s2)c1F. The van der Waals surface area contributed by atoms with Gasteiger partial charge in [-0.05, 0) is 18.6 Å². The van der Waals surface area contributed by atoms with E-state index in [2.05, 4.69) is 29.4 Å². The topological polar surface area (TPSA) is 37.8 Å². The molecule has 2 rings (SSSR count). The van der Waals surface area contributed by atoms with Gasteiger partial charge < -0.3 is 5.32 Å². The van der Waals surface area contributed by atoms with Crippen LogP contribution in [0.5, 0.6) is 0 Å². The van der Waals surface area contributed by atoms with Crippen LogP contribution in [0.4, 0.5) is 4.39 Å². The van der Waals surface area contributed by atoms with E-state index in [1.165, 1.54) is 11.3 Å².